The van der Waals surface area contributed by atoms with Crippen LogP contribution in [-0.4, -0.2) is 50.5 Å². The molecule has 37 heavy (non-hydrogen) atoms. The number of aryl methyl sites for hydroxylation is 1. The molecule has 2 rings (SSSR count). The number of carbonyl (C=O) groups excluding carboxylic acids is 2. The zero-order valence-electron chi connectivity index (χ0n) is 22.1. The highest BCUT2D eigenvalue weighted by atomic mass is 32.2. The minimum atomic E-state index is -3.81. The first-order chi connectivity index (χ1) is 17.3. The number of benzene rings is 2. The topological polar surface area (TPSA) is 86.8 Å². The van der Waals surface area contributed by atoms with E-state index in [2.05, 4.69) is 5.32 Å². The van der Waals surface area contributed by atoms with Gasteiger partial charge in [-0.3, -0.25) is 13.9 Å². The monoisotopic (exact) mass is 537 g/mol. The van der Waals surface area contributed by atoms with Gasteiger partial charge in [0.05, 0.1) is 11.9 Å². The molecule has 0 bridgehead atoms. The molecule has 10 heteroatoms. The van der Waals surface area contributed by atoms with Gasteiger partial charge in [-0.15, -0.1) is 0 Å². The number of amides is 2. The van der Waals surface area contributed by atoms with Crippen molar-refractivity contribution in [1.29, 1.82) is 0 Å². The molecule has 204 valence electrons. The summed E-state index contributed by atoms with van der Waals surface area (Å²) in [6, 6.07) is 9.77. The first-order valence-electron chi connectivity index (χ1n) is 12.4. The van der Waals surface area contributed by atoms with Crippen LogP contribution < -0.4 is 9.62 Å². The van der Waals surface area contributed by atoms with Crippen molar-refractivity contribution in [3.8, 4) is 0 Å². The SMILES string of the molecule is CC[C@@H](C(=O)NCC(C)C)N(Cc1ccccc1C)C(=O)CCCN(c1ccc(F)c(F)c1)S(C)(=O)=O. The zero-order chi connectivity index (χ0) is 27.8. The predicted octanol–water partition coefficient (Wildman–Crippen LogP) is 4.40. The molecule has 2 aromatic carbocycles. The molecule has 0 saturated carbocycles. The van der Waals surface area contributed by atoms with E-state index in [0.29, 0.717) is 13.0 Å². The van der Waals surface area contributed by atoms with Gasteiger partial charge in [-0.1, -0.05) is 45.0 Å². The smallest absolute Gasteiger partial charge is 0.242 e. The molecule has 0 unspecified atom stereocenters. The second-order valence-electron chi connectivity index (χ2n) is 9.55. The first-order valence-corrected chi connectivity index (χ1v) is 14.2. The lowest BCUT2D eigenvalue weighted by atomic mass is 10.0. The lowest BCUT2D eigenvalue weighted by Gasteiger charge is -2.31. The van der Waals surface area contributed by atoms with Crippen molar-refractivity contribution in [3.63, 3.8) is 0 Å². The minimum Gasteiger partial charge on any atom is -0.354 e. The summed E-state index contributed by atoms with van der Waals surface area (Å²) in [7, 11) is -3.81. The third-order valence-corrected chi connectivity index (χ3v) is 7.21. The summed E-state index contributed by atoms with van der Waals surface area (Å²) in [5, 5.41) is 2.91. The molecule has 0 radical (unpaired) electrons. The maximum atomic E-state index is 13.7. The number of nitrogens with one attached hydrogen (secondary N) is 1. The van der Waals surface area contributed by atoms with Crippen molar-refractivity contribution in [2.24, 2.45) is 5.92 Å². The van der Waals surface area contributed by atoms with Crippen LogP contribution in [0.15, 0.2) is 42.5 Å². The number of anilines is 1. The summed E-state index contributed by atoms with van der Waals surface area (Å²) >= 11 is 0. The van der Waals surface area contributed by atoms with Crippen LogP contribution in [0.5, 0.6) is 0 Å². The Labute approximate surface area is 218 Å². The predicted molar refractivity (Wildman–Crippen MR) is 141 cm³/mol. The van der Waals surface area contributed by atoms with E-state index in [-0.39, 0.29) is 49.4 Å². The number of hydrogen-bond acceptors (Lipinski definition) is 4. The fourth-order valence-electron chi connectivity index (χ4n) is 3.96. The van der Waals surface area contributed by atoms with Crippen LogP contribution in [0.4, 0.5) is 14.5 Å². The van der Waals surface area contributed by atoms with Crippen molar-refractivity contribution in [2.75, 3.05) is 23.7 Å². The largest absolute Gasteiger partial charge is 0.354 e. The molecule has 0 fully saturated rings. The first kappa shape index (κ1) is 30.2. The summed E-state index contributed by atoms with van der Waals surface area (Å²) in [4.78, 5) is 28.0. The summed E-state index contributed by atoms with van der Waals surface area (Å²) in [6.07, 6.45) is 1.47. The van der Waals surface area contributed by atoms with E-state index in [1.165, 1.54) is 6.07 Å². The summed E-state index contributed by atoms with van der Waals surface area (Å²) in [5.74, 6) is -2.53. The number of sulfonamides is 1. The third-order valence-electron chi connectivity index (χ3n) is 6.02. The van der Waals surface area contributed by atoms with E-state index in [1.54, 1.807) is 4.90 Å². The standard InChI is InChI=1S/C27H37F2N3O4S/c1-6-25(27(34)30-17-19(2)3)31(18-21-11-8-7-10-20(21)4)26(33)12-9-15-32(37(5,35)36)22-13-14-23(28)24(29)16-22/h7-8,10-11,13-14,16,19,25H,6,9,12,15,17-18H2,1-5H3,(H,30,34)/t25-/m0/s1. The van der Waals surface area contributed by atoms with E-state index < -0.39 is 27.7 Å². The normalized spacial score (nSPS) is 12.3. The Kier molecular flexibility index (Phi) is 11.0. The van der Waals surface area contributed by atoms with Gasteiger partial charge in [-0.05, 0) is 48.9 Å². The molecule has 2 aromatic rings. The minimum absolute atomic E-state index is 0.0230. The second kappa shape index (κ2) is 13.5. The van der Waals surface area contributed by atoms with Crippen LogP contribution in [0.3, 0.4) is 0 Å². The Balaban J connectivity index is 2.24. The van der Waals surface area contributed by atoms with Crippen LogP contribution in [0.2, 0.25) is 0 Å². The van der Waals surface area contributed by atoms with Crippen molar-refractivity contribution < 1.29 is 26.8 Å². The lowest BCUT2D eigenvalue weighted by molar-refractivity contribution is -0.141. The van der Waals surface area contributed by atoms with Gasteiger partial charge in [0.15, 0.2) is 11.6 Å². The summed E-state index contributed by atoms with van der Waals surface area (Å²) in [6.45, 7) is 8.35. The molecule has 0 saturated heterocycles. The molecule has 2 amide bonds. The highest BCUT2D eigenvalue weighted by Gasteiger charge is 2.29. The Morgan fingerprint density at radius 2 is 1.73 bits per heavy atom. The van der Waals surface area contributed by atoms with Crippen LogP contribution in [-0.2, 0) is 26.2 Å². The molecule has 0 aromatic heterocycles. The lowest BCUT2D eigenvalue weighted by Crippen LogP contribution is -2.49. The molecule has 1 atom stereocenters. The fourth-order valence-corrected chi connectivity index (χ4v) is 4.91. The van der Waals surface area contributed by atoms with Crippen molar-refractivity contribution in [3.05, 3.63) is 65.2 Å². The molecule has 1 N–H and O–H groups in total. The Morgan fingerprint density at radius 1 is 1.05 bits per heavy atom. The Hall–Kier alpha value is -3.01. The Morgan fingerprint density at radius 3 is 2.30 bits per heavy atom. The van der Waals surface area contributed by atoms with Gasteiger partial charge >= 0.3 is 0 Å². The van der Waals surface area contributed by atoms with Crippen molar-refractivity contribution in [2.45, 2.75) is 59.5 Å². The highest BCUT2D eigenvalue weighted by molar-refractivity contribution is 7.92. The van der Waals surface area contributed by atoms with E-state index in [4.69, 9.17) is 0 Å². The summed E-state index contributed by atoms with van der Waals surface area (Å²) in [5.41, 5.74) is 1.87. The van der Waals surface area contributed by atoms with Gasteiger partial charge in [-0.2, -0.15) is 0 Å². The highest BCUT2D eigenvalue weighted by Crippen LogP contribution is 2.22. The Bertz CT molecular complexity index is 1190. The number of halogens is 2. The van der Waals surface area contributed by atoms with Gasteiger partial charge in [0.2, 0.25) is 21.8 Å². The number of carbonyl (C=O) groups is 2. The van der Waals surface area contributed by atoms with Gasteiger partial charge in [0.1, 0.15) is 6.04 Å². The maximum absolute atomic E-state index is 13.7. The van der Waals surface area contributed by atoms with Gasteiger partial charge < -0.3 is 10.2 Å². The average molecular weight is 538 g/mol. The van der Waals surface area contributed by atoms with Crippen LogP contribution in [0, 0.1) is 24.5 Å². The molecule has 0 aliphatic rings. The van der Waals surface area contributed by atoms with Crippen LogP contribution >= 0.6 is 0 Å². The average Bonchev–Trinajstić information content (AvgIpc) is 2.82. The molecule has 0 spiro atoms. The van der Waals surface area contributed by atoms with Gasteiger partial charge in [0.25, 0.3) is 0 Å². The molecule has 7 nitrogen and oxygen atoms in total. The third kappa shape index (κ3) is 8.80. The fraction of sp³-hybridized carbons (Fsp3) is 0.481. The maximum Gasteiger partial charge on any atom is 0.242 e. The number of hydrogen-bond donors (Lipinski definition) is 1. The van der Waals surface area contributed by atoms with Crippen LogP contribution in [0.25, 0.3) is 0 Å². The van der Waals surface area contributed by atoms with E-state index in [0.717, 1.165) is 33.8 Å². The molecule has 0 aliphatic heterocycles. The van der Waals surface area contributed by atoms with E-state index >= 15 is 0 Å². The molecule has 0 heterocycles. The van der Waals surface area contributed by atoms with Crippen molar-refractivity contribution in [1.82, 2.24) is 10.2 Å². The number of rotatable bonds is 13. The summed E-state index contributed by atoms with van der Waals surface area (Å²) < 4.78 is 52.7. The van der Waals surface area contributed by atoms with E-state index in [1.807, 2.05) is 52.0 Å². The van der Waals surface area contributed by atoms with E-state index in [9.17, 15) is 26.8 Å². The molecule has 0 aliphatic carbocycles. The zero-order valence-corrected chi connectivity index (χ0v) is 22.9. The van der Waals surface area contributed by atoms with Crippen LogP contribution in [0.1, 0.15) is 51.2 Å². The van der Waals surface area contributed by atoms with Gasteiger partial charge in [-0.25, -0.2) is 17.2 Å². The van der Waals surface area contributed by atoms with Gasteiger partial charge in [0, 0.05) is 32.1 Å². The quantitative estimate of drug-likeness (QED) is 0.410. The molecular formula is C27H37F2N3O4S. The number of nitrogens with zero attached hydrogens (tertiary/aromatic N) is 2. The molecular weight excluding hydrogens is 500 g/mol. The second-order valence-corrected chi connectivity index (χ2v) is 11.5. The van der Waals surface area contributed by atoms with Crippen molar-refractivity contribution >= 4 is 27.5 Å².